The minimum absolute atomic E-state index is 0.501. The quantitative estimate of drug-likeness (QED) is 0.694. The first kappa shape index (κ1) is 16.5. The fourth-order valence-corrected chi connectivity index (χ4v) is 3.84. The summed E-state index contributed by atoms with van der Waals surface area (Å²) in [5.74, 6) is 2.39. The summed E-state index contributed by atoms with van der Waals surface area (Å²) in [5, 5.41) is 20.8. The van der Waals surface area contributed by atoms with Gasteiger partial charge in [-0.05, 0) is 37.8 Å². The number of rotatable bonds is 6. The van der Waals surface area contributed by atoms with Crippen molar-refractivity contribution in [3.05, 3.63) is 42.0 Å². The fourth-order valence-electron chi connectivity index (χ4n) is 3.84. The van der Waals surface area contributed by atoms with Gasteiger partial charge >= 0.3 is 0 Å². The van der Waals surface area contributed by atoms with Crippen LogP contribution in [0.25, 0.3) is 5.65 Å². The van der Waals surface area contributed by atoms with E-state index in [4.69, 9.17) is 5.10 Å². The van der Waals surface area contributed by atoms with Gasteiger partial charge in [0.2, 0.25) is 5.65 Å². The lowest BCUT2D eigenvalue weighted by Crippen LogP contribution is -2.23. The van der Waals surface area contributed by atoms with Crippen LogP contribution in [0.15, 0.2) is 30.5 Å². The molecular weight excluding hydrogens is 338 g/mol. The van der Waals surface area contributed by atoms with Crippen molar-refractivity contribution < 1.29 is 0 Å². The predicted octanol–water partition coefficient (Wildman–Crippen LogP) is 3.75. The molecule has 140 valence electrons. The maximum atomic E-state index is 4.83. The second-order valence-electron chi connectivity index (χ2n) is 7.67. The molecule has 2 aliphatic carbocycles. The highest BCUT2D eigenvalue weighted by atomic mass is 15.4. The molecule has 2 fully saturated rings. The van der Waals surface area contributed by atoms with Crippen molar-refractivity contribution in [3.63, 3.8) is 0 Å². The van der Waals surface area contributed by atoms with Crippen LogP contribution in [0.4, 0.5) is 11.5 Å². The van der Waals surface area contributed by atoms with Gasteiger partial charge in [-0.2, -0.15) is 4.52 Å². The van der Waals surface area contributed by atoms with E-state index >= 15 is 0 Å². The molecule has 3 aromatic heterocycles. The van der Waals surface area contributed by atoms with E-state index in [9.17, 15) is 0 Å². The first-order chi connectivity index (χ1) is 13.4. The third-order valence-corrected chi connectivity index (χ3v) is 5.48. The van der Waals surface area contributed by atoms with Gasteiger partial charge in [-0.1, -0.05) is 25.3 Å². The van der Waals surface area contributed by atoms with Crippen molar-refractivity contribution in [3.8, 4) is 0 Å². The van der Waals surface area contributed by atoms with Crippen molar-refractivity contribution >= 4 is 17.2 Å². The number of hydrogen-bond donors (Lipinski definition) is 2. The predicted molar refractivity (Wildman–Crippen MR) is 105 cm³/mol. The van der Waals surface area contributed by atoms with Crippen molar-refractivity contribution in [2.24, 2.45) is 0 Å². The highest BCUT2D eigenvalue weighted by Crippen LogP contribution is 2.39. The van der Waals surface area contributed by atoms with E-state index in [0.717, 1.165) is 28.7 Å². The van der Waals surface area contributed by atoms with E-state index < -0.39 is 0 Å². The van der Waals surface area contributed by atoms with Crippen LogP contribution in [0, 0.1) is 0 Å². The van der Waals surface area contributed by atoms with Crippen molar-refractivity contribution in [1.29, 1.82) is 0 Å². The van der Waals surface area contributed by atoms with Crippen LogP contribution >= 0.6 is 0 Å². The molecular formula is C20H25N7. The SMILES string of the molecule is c1ccc(CNc2cc(NC3CCCCC3)nn3c(C4CC4)nnc23)nc1. The Labute approximate surface area is 158 Å². The van der Waals surface area contributed by atoms with Crippen LogP contribution in [0.3, 0.4) is 0 Å². The Balaban J connectivity index is 1.45. The summed E-state index contributed by atoms with van der Waals surface area (Å²) in [4.78, 5) is 4.40. The Bertz CT molecular complexity index is 911. The van der Waals surface area contributed by atoms with E-state index in [1.165, 1.54) is 44.9 Å². The third-order valence-electron chi connectivity index (χ3n) is 5.48. The summed E-state index contributed by atoms with van der Waals surface area (Å²) < 4.78 is 1.93. The van der Waals surface area contributed by atoms with Crippen LogP contribution in [0.1, 0.15) is 62.4 Å². The Morgan fingerprint density at radius 3 is 2.70 bits per heavy atom. The van der Waals surface area contributed by atoms with Crippen LogP contribution in [-0.2, 0) is 6.54 Å². The van der Waals surface area contributed by atoms with Crippen molar-refractivity contribution in [1.82, 2.24) is 24.8 Å². The molecule has 3 aromatic rings. The largest absolute Gasteiger partial charge is 0.376 e. The standard InChI is InChI=1S/C20H25N7/c1-2-6-15(7-3-1)23-18-12-17(22-13-16-8-4-5-11-21-16)20-25-24-19(14-9-10-14)27(20)26-18/h4-5,8,11-12,14-15,22H,1-3,6-7,9-10,13H2,(H,23,26). The summed E-state index contributed by atoms with van der Waals surface area (Å²) in [6, 6.07) is 8.53. The molecule has 27 heavy (non-hydrogen) atoms. The number of pyridine rings is 1. The van der Waals surface area contributed by atoms with Gasteiger partial charge in [0.1, 0.15) is 5.82 Å². The highest BCUT2D eigenvalue weighted by molar-refractivity contribution is 5.70. The third kappa shape index (κ3) is 3.59. The molecule has 0 aliphatic heterocycles. The lowest BCUT2D eigenvalue weighted by molar-refractivity contribution is 0.461. The molecule has 0 saturated heterocycles. The molecule has 0 radical (unpaired) electrons. The average molecular weight is 363 g/mol. The number of nitrogens with zero attached hydrogens (tertiary/aromatic N) is 5. The second kappa shape index (κ2) is 7.13. The van der Waals surface area contributed by atoms with E-state index in [0.29, 0.717) is 18.5 Å². The normalized spacial score (nSPS) is 17.9. The molecule has 0 bridgehead atoms. The molecule has 7 heteroatoms. The number of fused-ring (bicyclic) bond motifs is 1. The van der Waals surface area contributed by atoms with Gasteiger partial charge in [-0.15, -0.1) is 15.3 Å². The summed E-state index contributed by atoms with van der Waals surface area (Å²) in [6.45, 7) is 0.648. The highest BCUT2D eigenvalue weighted by Gasteiger charge is 2.30. The molecule has 3 heterocycles. The van der Waals surface area contributed by atoms with Crippen LogP contribution in [0.5, 0.6) is 0 Å². The van der Waals surface area contributed by atoms with Gasteiger partial charge in [-0.25, -0.2) is 0 Å². The van der Waals surface area contributed by atoms with Crippen LogP contribution < -0.4 is 10.6 Å². The van der Waals surface area contributed by atoms with Crippen LogP contribution in [0.2, 0.25) is 0 Å². The number of aromatic nitrogens is 5. The van der Waals surface area contributed by atoms with Gasteiger partial charge in [0.05, 0.1) is 17.9 Å². The topological polar surface area (TPSA) is 80.0 Å². The Morgan fingerprint density at radius 1 is 1.04 bits per heavy atom. The Hall–Kier alpha value is -2.70. The van der Waals surface area contributed by atoms with Gasteiger partial charge in [0.15, 0.2) is 5.82 Å². The Morgan fingerprint density at radius 2 is 1.93 bits per heavy atom. The molecule has 2 N–H and O–H groups in total. The first-order valence-corrected chi connectivity index (χ1v) is 10.0. The maximum Gasteiger partial charge on any atom is 0.201 e. The molecule has 0 unspecified atom stereocenters. The first-order valence-electron chi connectivity index (χ1n) is 10.0. The molecule has 7 nitrogen and oxygen atoms in total. The average Bonchev–Trinajstić information content (AvgIpc) is 3.47. The lowest BCUT2D eigenvalue weighted by Gasteiger charge is -2.23. The van der Waals surface area contributed by atoms with E-state index in [2.05, 4.69) is 31.9 Å². The van der Waals surface area contributed by atoms with E-state index in [1.807, 2.05) is 28.9 Å². The minimum atomic E-state index is 0.501. The monoisotopic (exact) mass is 363 g/mol. The fraction of sp³-hybridized carbons (Fsp3) is 0.500. The number of anilines is 2. The van der Waals surface area contributed by atoms with Crippen molar-refractivity contribution in [2.75, 3.05) is 10.6 Å². The van der Waals surface area contributed by atoms with Gasteiger partial charge in [0, 0.05) is 24.2 Å². The van der Waals surface area contributed by atoms with E-state index in [-0.39, 0.29) is 0 Å². The zero-order chi connectivity index (χ0) is 18.1. The molecule has 0 aromatic carbocycles. The molecule has 2 saturated carbocycles. The summed E-state index contributed by atoms with van der Waals surface area (Å²) in [5.41, 5.74) is 2.74. The van der Waals surface area contributed by atoms with Gasteiger partial charge < -0.3 is 10.6 Å². The zero-order valence-corrected chi connectivity index (χ0v) is 15.4. The van der Waals surface area contributed by atoms with Crippen LogP contribution in [-0.4, -0.2) is 30.8 Å². The molecule has 0 spiro atoms. The van der Waals surface area contributed by atoms with Gasteiger partial charge in [0.25, 0.3) is 0 Å². The minimum Gasteiger partial charge on any atom is -0.376 e. The van der Waals surface area contributed by atoms with E-state index in [1.54, 1.807) is 0 Å². The second-order valence-corrected chi connectivity index (χ2v) is 7.67. The molecule has 5 rings (SSSR count). The molecule has 0 amide bonds. The Kier molecular flexibility index (Phi) is 4.35. The summed E-state index contributed by atoms with van der Waals surface area (Å²) in [6.07, 6.45) is 10.5. The zero-order valence-electron chi connectivity index (χ0n) is 15.4. The number of nitrogens with one attached hydrogen (secondary N) is 2. The maximum absolute atomic E-state index is 4.83. The van der Waals surface area contributed by atoms with Gasteiger partial charge in [-0.3, -0.25) is 4.98 Å². The number of hydrogen-bond acceptors (Lipinski definition) is 6. The molecule has 0 atom stereocenters. The smallest absolute Gasteiger partial charge is 0.201 e. The summed E-state index contributed by atoms with van der Waals surface area (Å²) in [7, 11) is 0. The van der Waals surface area contributed by atoms with Crippen molar-refractivity contribution in [2.45, 2.75) is 63.5 Å². The lowest BCUT2D eigenvalue weighted by atomic mass is 9.95. The molecule has 2 aliphatic rings. The summed E-state index contributed by atoms with van der Waals surface area (Å²) >= 11 is 0.